The van der Waals surface area contributed by atoms with Crippen LogP contribution in [0.1, 0.15) is 44.9 Å². The van der Waals surface area contributed by atoms with Gasteiger partial charge in [0.05, 0.1) is 6.54 Å². The lowest BCUT2D eigenvalue weighted by atomic mass is 9.96. The maximum Gasteiger partial charge on any atom is 0.315 e. The summed E-state index contributed by atoms with van der Waals surface area (Å²) >= 11 is 0. The van der Waals surface area contributed by atoms with Crippen molar-refractivity contribution in [2.45, 2.75) is 57.0 Å². The van der Waals surface area contributed by atoms with E-state index in [-0.39, 0.29) is 24.5 Å². The molecule has 1 aliphatic carbocycles. The summed E-state index contributed by atoms with van der Waals surface area (Å²) in [5.74, 6) is -0.0132. The highest BCUT2D eigenvalue weighted by Crippen LogP contribution is 2.17. The molecule has 1 aliphatic heterocycles. The zero-order valence-electron chi connectivity index (χ0n) is 13.0. The first-order valence-electron chi connectivity index (χ1n) is 8.17. The summed E-state index contributed by atoms with van der Waals surface area (Å²) < 4.78 is 0. The number of carbonyl (C=O) groups excluding carboxylic acids is 2. The number of hydrogen-bond donors (Lipinski definition) is 3. The van der Waals surface area contributed by atoms with Crippen LogP contribution in [0.2, 0.25) is 0 Å². The summed E-state index contributed by atoms with van der Waals surface area (Å²) in [5.41, 5.74) is 0. The topological polar surface area (TPSA) is 73.5 Å². The van der Waals surface area contributed by atoms with Crippen molar-refractivity contribution < 1.29 is 9.59 Å². The van der Waals surface area contributed by atoms with Gasteiger partial charge in [0.1, 0.15) is 0 Å². The fourth-order valence-corrected chi connectivity index (χ4v) is 3.16. The van der Waals surface area contributed by atoms with Gasteiger partial charge in [0, 0.05) is 19.1 Å². The molecule has 2 rings (SSSR count). The molecule has 120 valence electrons. The van der Waals surface area contributed by atoms with Crippen LogP contribution in [0.25, 0.3) is 0 Å². The van der Waals surface area contributed by atoms with E-state index >= 15 is 0 Å². The van der Waals surface area contributed by atoms with Gasteiger partial charge >= 0.3 is 6.03 Å². The maximum absolute atomic E-state index is 12.1. The average molecular weight is 296 g/mol. The standard InChI is InChI=1S/C15H28N4O2/c1-19(13-7-9-16-10-8-13)14(20)11-17-15(21)18-12-5-3-2-4-6-12/h12-13,16H,2-11H2,1H3,(H2,17,18,21). The number of piperidine rings is 1. The lowest BCUT2D eigenvalue weighted by Crippen LogP contribution is -2.49. The van der Waals surface area contributed by atoms with Gasteiger partial charge in [-0.25, -0.2) is 4.79 Å². The van der Waals surface area contributed by atoms with Gasteiger partial charge in [-0.3, -0.25) is 4.79 Å². The summed E-state index contributed by atoms with van der Waals surface area (Å²) in [6.45, 7) is 1.99. The molecule has 0 aromatic heterocycles. The van der Waals surface area contributed by atoms with Crippen molar-refractivity contribution in [1.29, 1.82) is 0 Å². The second-order valence-electron chi connectivity index (χ2n) is 6.15. The minimum absolute atomic E-state index is 0.0132. The molecule has 0 unspecified atom stereocenters. The largest absolute Gasteiger partial charge is 0.341 e. The third kappa shape index (κ3) is 5.19. The number of nitrogens with zero attached hydrogens (tertiary/aromatic N) is 1. The van der Waals surface area contributed by atoms with E-state index < -0.39 is 0 Å². The zero-order chi connectivity index (χ0) is 15.1. The van der Waals surface area contributed by atoms with Crippen LogP contribution in [-0.4, -0.2) is 55.6 Å². The summed E-state index contributed by atoms with van der Waals surface area (Å²) in [4.78, 5) is 25.7. The van der Waals surface area contributed by atoms with E-state index in [0.717, 1.165) is 38.8 Å². The van der Waals surface area contributed by atoms with Crippen LogP contribution in [0.15, 0.2) is 0 Å². The molecule has 1 saturated carbocycles. The van der Waals surface area contributed by atoms with Gasteiger partial charge in [0.2, 0.25) is 5.91 Å². The van der Waals surface area contributed by atoms with Gasteiger partial charge in [-0.15, -0.1) is 0 Å². The van der Waals surface area contributed by atoms with Crippen molar-refractivity contribution in [1.82, 2.24) is 20.9 Å². The number of amides is 3. The van der Waals surface area contributed by atoms with Crippen molar-refractivity contribution in [2.75, 3.05) is 26.7 Å². The number of rotatable bonds is 4. The van der Waals surface area contributed by atoms with E-state index in [1.807, 2.05) is 7.05 Å². The van der Waals surface area contributed by atoms with Gasteiger partial charge in [-0.2, -0.15) is 0 Å². The highest BCUT2D eigenvalue weighted by molar-refractivity contribution is 5.84. The van der Waals surface area contributed by atoms with E-state index in [9.17, 15) is 9.59 Å². The number of likely N-dealkylation sites (N-methyl/N-ethyl adjacent to an activating group) is 1. The molecule has 0 atom stereocenters. The first kappa shape index (κ1) is 16.1. The lowest BCUT2D eigenvalue weighted by Gasteiger charge is -2.31. The normalized spacial score (nSPS) is 20.8. The molecule has 0 bridgehead atoms. The Balaban J connectivity index is 1.66. The molecule has 3 N–H and O–H groups in total. The van der Waals surface area contributed by atoms with Crippen LogP contribution in [0.4, 0.5) is 4.79 Å². The molecule has 2 aliphatic rings. The fraction of sp³-hybridized carbons (Fsp3) is 0.867. The van der Waals surface area contributed by atoms with Gasteiger partial charge in [-0.1, -0.05) is 19.3 Å². The van der Waals surface area contributed by atoms with Gasteiger partial charge in [0.15, 0.2) is 0 Å². The maximum atomic E-state index is 12.1. The minimum Gasteiger partial charge on any atom is -0.341 e. The van der Waals surface area contributed by atoms with Crippen LogP contribution >= 0.6 is 0 Å². The highest BCUT2D eigenvalue weighted by atomic mass is 16.2. The van der Waals surface area contributed by atoms with E-state index in [2.05, 4.69) is 16.0 Å². The molecular weight excluding hydrogens is 268 g/mol. The summed E-state index contributed by atoms with van der Waals surface area (Å²) in [6, 6.07) is 0.354. The fourth-order valence-electron chi connectivity index (χ4n) is 3.16. The number of nitrogens with one attached hydrogen (secondary N) is 3. The van der Waals surface area contributed by atoms with Crippen LogP contribution in [-0.2, 0) is 4.79 Å². The van der Waals surface area contributed by atoms with Gasteiger partial charge < -0.3 is 20.9 Å². The SMILES string of the molecule is CN(C(=O)CNC(=O)NC1CCCCC1)C1CCNCC1. The number of urea groups is 1. The molecule has 1 saturated heterocycles. The second-order valence-corrected chi connectivity index (χ2v) is 6.15. The predicted octanol–water partition coefficient (Wildman–Crippen LogP) is 0.829. The smallest absolute Gasteiger partial charge is 0.315 e. The Hall–Kier alpha value is -1.30. The van der Waals surface area contributed by atoms with Crippen molar-refractivity contribution in [2.24, 2.45) is 0 Å². The molecule has 3 amide bonds. The molecule has 21 heavy (non-hydrogen) atoms. The minimum atomic E-state index is -0.214. The van der Waals surface area contributed by atoms with Gasteiger partial charge in [-0.05, 0) is 38.8 Å². The van der Waals surface area contributed by atoms with Gasteiger partial charge in [0.25, 0.3) is 0 Å². The monoisotopic (exact) mass is 296 g/mol. The zero-order valence-corrected chi connectivity index (χ0v) is 13.0. The lowest BCUT2D eigenvalue weighted by molar-refractivity contribution is -0.131. The Bertz CT molecular complexity index is 350. The first-order valence-corrected chi connectivity index (χ1v) is 8.17. The van der Waals surface area contributed by atoms with Crippen LogP contribution < -0.4 is 16.0 Å². The van der Waals surface area contributed by atoms with Crippen molar-refractivity contribution in [3.05, 3.63) is 0 Å². The molecular formula is C15H28N4O2. The quantitative estimate of drug-likeness (QED) is 0.719. The molecule has 0 aromatic rings. The predicted molar refractivity (Wildman–Crippen MR) is 82.1 cm³/mol. The first-order chi connectivity index (χ1) is 10.2. The molecule has 1 heterocycles. The van der Waals surface area contributed by atoms with Crippen LogP contribution in [0.3, 0.4) is 0 Å². The van der Waals surface area contributed by atoms with Crippen LogP contribution in [0, 0.1) is 0 Å². The number of hydrogen-bond acceptors (Lipinski definition) is 3. The third-order valence-electron chi connectivity index (χ3n) is 4.59. The molecule has 0 spiro atoms. The molecule has 6 nitrogen and oxygen atoms in total. The molecule has 6 heteroatoms. The molecule has 0 radical (unpaired) electrons. The Kier molecular flexibility index (Phi) is 6.29. The Morgan fingerprint density at radius 2 is 1.76 bits per heavy atom. The highest BCUT2D eigenvalue weighted by Gasteiger charge is 2.22. The Morgan fingerprint density at radius 3 is 2.43 bits per heavy atom. The average Bonchev–Trinajstić information content (AvgIpc) is 2.53. The van der Waals surface area contributed by atoms with E-state index in [1.165, 1.54) is 19.3 Å². The Morgan fingerprint density at radius 1 is 1.10 bits per heavy atom. The van der Waals surface area contributed by atoms with Crippen molar-refractivity contribution in [3.8, 4) is 0 Å². The summed E-state index contributed by atoms with van der Waals surface area (Å²) in [6.07, 6.45) is 7.70. The molecule has 0 aromatic carbocycles. The molecule has 2 fully saturated rings. The van der Waals surface area contributed by atoms with Crippen molar-refractivity contribution in [3.63, 3.8) is 0 Å². The second kappa shape index (κ2) is 8.22. The van der Waals surface area contributed by atoms with E-state index in [0.29, 0.717) is 6.04 Å². The summed E-state index contributed by atoms with van der Waals surface area (Å²) in [7, 11) is 1.83. The van der Waals surface area contributed by atoms with Crippen molar-refractivity contribution >= 4 is 11.9 Å². The number of carbonyl (C=O) groups is 2. The third-order valence-corrected chi connectivity index (χ3v) is 4.59. The van der Waals surface area contributed by atoms with E-state index in [4.69, 9.17) is 0 Å². The Labute approximate surface area is 127 Å². The summed E-state index contributed by atoms with van der Waals surface area (Å²) in [5, 5.41) is 8.94. The van der Waals surface area contributed by atoms with Crippen LogP contribution in [0.5, 0.6) is 0 Å². The van der Waals surface area contributed by atoms with E-state index in [1.54, 1.807) is 4.90 Å².